The first-order valence-corrected chi connectivity index (χ1v) is 10.6. The highest BCUT2D eigenvalue weighted by atomic mass is 19.2. The topological polar surface area (TPSA) is 41.2 Å². The molecule has 33 heavy (non-hydrogen) atoms. The van der Waals surface area contributed by atoms with Crippen LogP contribution < -0.4 is 0 Å². The number of H-pyrrole nitrogens is 1. The molecule has 1 fully saturated rings. The van der Waals surface area contributed by atoms with Crippen molar-refractivity contribution in [3.05, 3.63) is 77.1 Å². The molecular weight excluding hydrogens is 434 g/mol. The Bertz CT molecular complexity index is 1320. The van der Waals surface area contributed by atoms with Gasteiger partial charge in [0.15, 0.2) is 23.3 Å². The summed E-state index contributed by atoms with van der Waals surface area (Å²) in [6.07, 6.45) is 0. The van der Waals surface area contributed by atoms with Crippen LogP contribution in [-0.4, -0.2) is 41.2 Å². The third-order valence-corrected chi connectivity index (χ3v) is 5.88. The van der Waals surface area contributed by atoms with Crippen molar-refractivity contribution in [1.29, 1.82) is 0 Å². The number of aryl methyl sites for hydroxylation is 1. The average Bonchev–Trinajstić information content (AvgIpc) is 3.18. The van der Waals surface area contributed by atoms with E-state index in [1.807, 2.05) is 6.07 Å². The molecule has 0 bridgehead atoms. The summed E-state index contributed by atoms with van der Waals surface area (Å²) in [4.78, 5) is 9.33. The number of hydrogen-bond donors (Lipinski definition) is 1. The summed E-state index contributed by atoms with van der Waals surface area (Å²) in [5.74, 6) is -5.09. The SMILES string of the molecule is Cc1nc2ccc(-c3c(F)c(F)c(-c4cccc(CN5CCOCC5)c4)c(F)c3F)cc2[nH]1. The van der Waals surface area contributed by atoms with Crippen molar-refractivity contribution in [2.24, 2.45) is 0 Å². The molecule has 5 rings (SSSR count). The third kappa shape index (κ3) is 4.00. The summed E-state index contributed by atoms with van der Waals surface area (Å²) in [5.41, 5.74) is 0.545. The van der Waals surface area contributed by atoms with Gasteiger partial charge in [0.25, 0.3) is 0 Å². The summed E-state index contributed by atoms with van der Waals surface area (Å²) in [7, 11) is 0. The van der Waals surface area contributed by atoms with Gasteiger partial charge in [0.05, 0.1) is 35.4 Å². The lowest BCUT2D eigenvalue weighted by atomic mass is 9.96. The van der Waals surface area contributed by atoms with E-state index in [0.29, 0.717) is 36.6 Å². The Labute approximate surface area is 187 Å². The number of morpholine rings is 1. The first kappa shape index (κ1) is 21.6. The Kier molecular flexibility index (Phi) is 5.64. The number of nitrogens with zero attached hydrogens (tertiary/aromatic N) is 2. The second kappa shape index (κ2) is 8.61. The van der Waals surface area contributed by atoms with Crippen molar-refractivity contribution in [3.8, 4) is 22.3 Å². The summed E-state index contributed by atoms with van der Waals surface area (Å²) < 4.78 is 65.9. The van der Waals surface area contributed by atoms with Crippen LogP contribution in [0.1, 0.15) is 11.4 Å². The Morgan fingerprint density at radius 1 is 0.879 bits per heavy atom. The third-order valence-electron chi connectivity index (χ3n) is 5.88. The number of imidazole rings is 1. The fourth-order valence-electron chi connectivity index (χ4n) is 4.27. The highest BCUT2D eigenvalue weighted by Gasteiger charge is 2.27. The molecule has 0 amide bonds. The second-order valence-corrected chi connectivity index (χ2v) is 8.15. The van der Waals surface area contributed by atoms with Gasteiger partial charge in [-0.2, -0.15) is 0 Å². The molecule has 1 N–H and O–H groups in total. The first-order valence-electron chi connectivity index (χ1n) is 10.6. The molecule has 1 aliphatic heterocycles. The van der Waals surface area contributed by atoms with Crippen molar-refractivity contribution in [2.75, 3.05) is 26.3 Å². The average molecular weight is 455 g/mol. The standard InChI is InChI=1S/C25H21F4N3O/c1-14-30-18-6-5-17(12-19(18)31-14)21-24(28)22(26)20(23(27)25(21)29)16-4-2-3-15(11-16)13-32-7-9-33-10-8-32/h2-6,11-12H,7-10,13H2,1H3,(H,30,31). The number of ether oxygens (including phenoxy) is 1. The molecule has 0 unspecified atom stereocenters. The van der Waals surface area contributed by atoms with E-state index >= 15 is 17.6 Å². The van der Waals surface area contributed by atoms with E-state index in [2.05, 4.69) is 14.9 Å². The number of aromatic amines is 1. The quantitative estimate of drug-likeness (QED) is 0.322. The molecule has 0 spiro atoms. The molecule has 0 aliphatic carbocycles. The predicted octanol–water partition coefficient (Wildman–Crippen LogP) is 5.59. The number of hydrogen-bond acceptors (Lipinski definition) is 3. The second-order valence-electron chi connectivity index (χ2n) is 8.15. The smallest absolute Gasteiger partial charge is 0.170 e. The van der Waals surface area contributed by atoms with Gasteiger partial charge in [-0.25, -0.2) is 22.5 Å². The lowest BCUT2D eigenvalue weighted by Gasteiger charge is -2.26. The number of benzene rings is 3. The van der Waals surface area contributed by atoms with Crippen LogP contribution in [0.3, 0.4) is 0 Å². The molecule has 1 aromatic heterocycles. The van der Waals surface area contributed by atoms with E-state index in [4.69, 9.17) is 4.74 Å². The van der Waals surface area contributed by atoms with E-state index in [9.17, 15) is 0 Å². The van der Waals surface area contributed by atoms with Gasteiger partial charge in [-0.05, 0) is 41.8 Å². The van der Waals surface area contributed by atoms with Gasteiger partial charge >= 0.3 is 0 Å². The molecule has 4 nitrogen and oxygen atoms in total. The summed E-state index contributed by atoms with van der Waals surface area (Å²) in [5, 5.41) is 0. The van der Waals surface area contributed by atoms with Crippen LogP contribution in [0.25, 0.3) is 33.3 Å². The zero-order chi connectivity index (χ0) is 23.1. The zero-order valence-electron chi connectivity index (χ0n) is 17.9. The number of halogens is 4. The number of nitrogens with one attached hydrogen (secondary N) is 1. The Morgan fingerprint density at radius 2 is 1.52 bits per heavy atom. The van der Waals surface area contributed by atoms with Crippen LogP contribution in [0, 0.1) is 30.2 Å². The van der Waals surface area contributed by atoms with Crippen LogP contribution >= 0.6 is 0 Å². The lowest BCUT2D eigenvalue weighted by molar-refractivity contribution is 0.0342. The van der Waals surface area contributed by atoms with Crippen LogP contribution in [0.5, 0.6) is 0 Å². The van der Waals surface area contributed by atoms with Crippen molar-refractivity contribution in [3.63, 3.8) is 0 Å². The Hall–Kier alpha value is -3.23. The van der Waals surface area contributed by atoms with Gasteiger partial charge < -0.3 is 9.72 Å². The van der Waals surface area contributed by atoms with Crippen molar-refractivity contribution in [2.45, 2.75) is 13.5 Å². The number of rotatable bonds is 4. The molecular formula is C25H21F4N3O. The van der Waals surface area contributed by atoms with Gasteiger partial charge in [-0.1, -0.05) is 24.3 Å². The van der Waals surface area contributed by atoms with Crippen molar-refractivity contribution >= 4 is 11.0 Å². The molecule has 1 aliphatic rings. The van der Waals surface area contributed by atoms with E-state index in [0.717, 1.165) is 18.7 Å². The summed E-state index contributed by atoms with van der Waals surface area (Å²) >= 11 is 0. The highest BCUT2D eigenvalue weighted by Crippen LogP contribution is 2.37. The van der Waals surface area contributed by atoms with Gasteiger partial charge in [-0.3, -0.25) is 4.90 Å². The maximum Gasteiger partial charge on any atom is 0.170 e. The first-order chi connectivity index (χ1) is 15.9. The van der Waals surface area contributed by atoms with E-state index < -0.39 is 34.4 Å². The maximum absolute atomic E-state index is 15.2. The molecule has 4 aromatic rings. The Morgan fingerprint density at radius 3 is 2.18 bits per heavy atom. The molecule has 3 aromatic carbocycles. The molecule has 0 atom stereocenters. The van der Waals surface area contributed by atoms with E-state index in [1.165, 1.54) is 18.2 Å². The minimum Gasteiger partial charge on any atom is -0.379 e. The molecule has 1 saturated heterocycles. The maximum atomic E-state index is 15.2. The van der Waals surface area contributed by atoms with Crippen LogP contribution in [-0.2, 0) is 11.3 Å². The van der Waals surface area contributed by atoms with Gasteiger partial charge in [0.1, 0.15) is 5.82 Å². The molecule has 8 heteroatoms. The normalized spacial score (nSPS) is 14.8. The largest absolute Gasteiger partial charge is 0.379 e. The minimum atomic E-state index is -1.43. The molecule has 170 valence electrons. The van der Waals surface area contributed by atoms with E-state index in [1.54, 1.807) is 25.1 Å². The predicted molar refractivity (Wildman–Crippen MR) is 118 cm³/mol. The molecule has 0 radical (unpaired) electrons. The van der Waals surface area contributed by atoms with E-state index in [-0.39, 0.29) is 11.1 Å². The van der Waals surface area contributed by atoms with Crippen LogP contribution in [0.2, 0.25) is 0 Å². The highest BCUT2D eigenvalue weighted by molar-refractivity contribution is 5.83. The van der Waals surface area contributed by atoms with Crippen LogP contribution in [0.4, 0.5) is 17.6 Å². The number of aromatic nitrogens is 2. The zero-order valence-corrected chi connectivity index (χ0v) is 17.9. The lowest BCUT2D eigenvalue weighted by Crippen LogP contribution is -2.35. The van der Waals surface area contributed by atoms with Gasteiger partial charge in [0, 0.05) is 19.6 Å². The van der Waals surface area contributed by atoms with Crippen molar-refractivity contribution in [1.82, 2.24) is 14.9 Å². The van der Waals surface area contributed by atoms with Crippen molar-refractivity contribution < 1.29 is 22.3 Å². The monoisotopic (exact) mass is 455 g/mol. The summed E-state index contributed by atoms with van der Waals surface area (Å²) in [6.45, 7) is 5.00. The van der Waals surface area contributed by atoms with Gasteiger partial charge in [0.2, 0.25) is 0 Å². The fraction of sp³-hybridized carbons (Fsp3) is 0.240. The minimum absolute atomic E-state index is 0.0200. The fourth-order valence-corrected chi connectivity index (χ4v) is 4.27. The number of fused-ring (bicyclic) bond motifs is 1. The molecule has 2 heterocycles. The van der Waals surface area contributed by atoms with Gasteiger partial charge in [-0.15, -0.1) is 0 Å². The molecule has 0 saturated carbocycles. The Balaban J connectivity index is 1.56. The summed E-state index contributed by atoms with van der Waals surface area (Å²) in [6, 6.07) is 10.8. The van der Waals surface area contributed by atoms with Crippen LogP contribution in [0.15, 0.2) is 42.5 Å².